The van der Waals surface area contributed by atoms with Crippen LogP contribution < -0.4 is 0 Å². The van der Waals surface area contributed by atoms with E-state index in [1.54, 1.807) is 18.2 Å². The third kappa shape index (κ3) is 3.16. The normalized spacial score (nSPS) is 11.3. The number of nitrogens with one attached hydrogen (secondary N) is 1. The van der Waals surface area contributed by atoms with Crippen LogP contribution in [0.2, 0.25) is 0 Å². The van der Waals surface area contributed by atoms with Gasteiger partial charge in [-0.2, -0.15) is 14.9 Å². The zero-order chi connectivity index (χ0) is 18.8. The Morgan fingerprint density at radius 3 is 2.67 bits per heavy atom. The van der Waals surface area contributed by atoms with Crippen molar-refractivity contribution < 1.29 is 9.90 Å². The standard InChI is InChI=1S/C20H14N4O2S/c25-19(26)16-10-4-2-7-14(16)12-21-24-18(22-23-20(24)27)17-11-5-8-13-6-1-3-9-15(13)17/h1-12H,(H,23,27)(H,25,26)/b21-12+. The summed E-state index contributed by atoms with van der Waals surface area (Å²) in [6.45, 7) is 0. The number of aromatic amines is 1. The van der Waals surface area contributed by atoms with Crippen molar-refractivity contribution in [3.63, 3.8) is 0 Å². The first-order valence-corrected chi connectivity index (χ1v) is 8.58. The van der Waals surface area contributed by atoms with Crippen molar-refractivity contribution in [2.45, 2.75) is 0 Å². The summed E-state index contributed by atoms with van der Waals surface area (Å²) in [6, 6.07) is 20.5. The summed E-state index contributed by atoms with van der Waals surface area (Å²) in [7, 11) is 0. The molecule has 0 aliphatic heterocycles. The number of aromatic nitrogens is 3. The molecule has 6 nitrogen and oxygen atoms in total. The maximum absolute atomic E-state index is 11.4. The van der Waals surface area contributed by atoms with Gasteiger partial charge < -0.3 is 5.11 Å². The van der Waals surface area contributed by atoms with Crippen molar-refractivity contribution in [1.29, 1.82) is 0 Å². The van der Waals surface area contributed by atoms with Crippen molar-refractivity contribution >= 4 is 35.2 Å². The molecule has 0 aliphatic carbocycles. The Morgan fingerprint density at radius 2 is 1.81 bits per heavy atom. The fourth-order valence-corrected chi connectivity index (χ4v) is 3.10. The van der Waals surface area contributed by atoms with E-state index < -0.39 is 5.97 Å². The molecular weight excluding hydrogens is 360 g/mol. The second-order valence-corrected chi connectivity index (χ2v) is 6.21. The fraction of sp³-hybridized carbons (Fsp3) is 0. The van der Waals surface area contributed by atoms with Crippen molar-refractivity contribution in [3.05, 3.63) is 82.6 Å². The van der Waals surface area contributed by atoms with Gasteiger partial charge in [0.05, 0.1) is 11.8 Å². The molecule has 0 unspecified atom stereocenters. The van der Waals surface area contributed by atoms with Gasteiger partial charge in [0.25, 0.3) is 0 Å². The Bertz CT molecular complexity index is 1230. The first kappa shape index (κ1) is 16.9. The highest BCUT2D eigenvalue weighted by atomic mass is 32.1. The van der Waals surface area contributed by atoms with Gasteiger partial charge in [0.1, 0.15) is 0 Å². The zero-order valence-electron chi connectivity index (χ0n) is 14.0. The van der Waals surface area contributed by atoms with E-state index in [1.165, 1.54) is 17.0 Å². The number of carboxylic acid groups (broad SMARTS) is 1. The second kappa shape index (κ2) is 6.97. The molecule has 0 aliphatic rings. The number of hydrogen-bond donors (Lipinski definition) is 2. The topological polar surface area (TPSA) is 83.3 Å². The van der Waals surface area contributed by atoms with E-state index in [-0.39, 0.29) is 5.56 Å². The molecule has 0 spiro atoms. The molecule has 3 aromatic carbocycles. The van der Waals surface area contributed by atoms with Crippen LogP contribution in [0, 0.1) is 4.77 Å². The summed E-state index contributed by atoms with van der Waals surface area (Å²) < 4.78 is 1.82. The smallest absolute Gasteiger partial charge is 0.336 e. The number of H-pyrrole nitrogens is 1. The lowest BCUT2D eigenvalue weighted by Gasteiger charge is -2.06. The van der Waals surface area contributed by atoms with Gasteiger partial charge in [0.15, 0.2) is 5.82 Å². The van der Waals surface area contributed by atoms with E-state index in [0.29, 0.717) is 16.2 Å². The van der Waals surface area contributed by atoms with E-state index in [4.69, 9.17) is 12.2 Å². The van der Waals surface area contributed by atoms with Crippen LogP contribution in [0.5, 0.6) is 0 Å². The van der Waals surface area contributed by atoms with Gasteiger partial charge >= 0.3 is 5.97 Å². The highest BCUT2D eigenvalue weighted by Gasteiger charge is 2.12. The highest BCUT2D eigenvalue weighted by Crippen LogP contribution is 2.27. The number of benzene rings is 3. The van der Waals surface area contributed by atoms with Gasteiger partial charge in [0.2, 0.25) is 4.77 Å². The highest BCUT2D eigenvalue weighted by molar-refractivity contribution is 7.71. The molecule has 7 heteroatoms. The van der Waals surface area contributed by atoms with Crippen LogP contribution in [-0.2, 0) is 0 Å². The average molecular weight is 374 g/mol. The zero-order valence-corrected chi connectivity index (χ0v) is 14.9. The fourth-order valence-electron chi connectivity index (χ4n) is 2.92. The van der Waals surface area contributed by atoms with Crippen LogP contribution >= 0.6 is 12.2 Å². The molecule has 0 fully saturated rings. The first-order valence-electron chi connectivity index (χ1n) is 8.17. The SMILES string of the molecule is O=C(O)c1ccccc1/C=N/n1c(-c2cccc3ccccc23)n[nH]c1=S. The number of carbonyl (C=O) groups is 1. The third-order valence-electron chi connectivity index (χ3n) is 4.18. The van der Waals surface area contributed by atoms with Crippen LogP contribution in [0.3, 0.4) is 0 Å². The molecule has 2 N–H and O–H groups in total. The molecule has 4 aromatic rings. The Hall–Kier alpha value is -3.58. The van der Waals surface area contributed by atoms with Crippen LogP contribution in [0.25, 0.3) is 22.2 Å². The van der Waals surface area contributed by atoms with Gasteiger partial charge in [-0.3, -0.25) is 0 Å². The summed E-state index contributed by atoms with van der Waals surface area (Å²) >= 11 is 5.31. The van der Waals surface area contributed by atoms with Crippen LogP contribution in [-0.4, -0.2) is 32.2 Å². The monoisotopic (exact) mass is 374 g/mol. The lowest BCUT2D eigenvalue weighted by atomic mass is 10.0. The molecule has 27 heavy (non-hydrogen) atoms. The lowest BCUT2D eigenvalue weighted by molar-refractivity contribution is 0.0697. The average Bonchev–Trinajstić information content (AvgIpc) is 3.06. The number of aromatic carboxylic acids is 1. The number of carboxylic acids is 1. The maximum atomic E-state index is 11.4. The molecule has 4 rings (SSSR count). The minimum Gasteiger partial charge on any atom is -0.478 e. The van der Waals surface area contributed by atoms with Gasteiger partial charge in [0, 0.05) is 11.1 Å². The Kier molecular flexibility index (Phi) is 4.35. The van der Waals surface area contributed by atoms with Gasteiger partial charge in [-0.1, -0.05) is 60.7 Å². The number of hydrogen-bond acceptors (Lipinski definition) is 4. The van der Waals surface area contributed by atoms with Crippen molar-refractivity contribution in [2.24, 2.45) is 5.10 Å². The minimum atomic E-state index is -1.01. The van der Waals surface area contributed by atoms with Gasteiger partial charge in [-0.25, -0.2) is 9.89 Å². The van der Waals surface area contributed by atoms with Crippen molar-refractivity contribution in [3.8, 4) is 11.4 Å². The molecule has 0 atom stereocenters. The van der Waals surface area contributed by atoms with Crippen molar-refractivity contribution in [2.75, 3.05) is 0 Å². The van der Waals surface area contributed by atoms with Crippen molar-refractivity contribution in [1.82, 2.24) is 14.9 Å². The summed E-state index contributed by atoms with van der Waals surface area (Å²) in [4.78, 5) is 11.4. The van der Waals surface area contributed by atoms with Crippen LogP contribution in [0.15, 0.2) is 71.8 Å². The molecule has 1 aromatic heterocycles. The molecule has 0 amide bonds. The lowest BCUT2D eigenvalue weighted by Crippen LogP contribution is -2.02. The van der Waals surface area contributed by atoms with E-state index in [2.05, 4.69) is 15.3 Å². The predicted octanol–water partition coefficient (Wildman–Crippen LogP) is 4.34. The molecule has 0 radical (unpaired) electrons. The quantitative estimate of drug-likeness (QED) is 0.411. The summed E-state index contributed by atoms with van der Waals surface area (Å²) in [5.74, 6) is -0.456. The molecule has 0 bridgehead atoms. The van der Waals surface area contributed by atoms with E-state index in [0.717, 1.165) is 16.3 Å². The number of fused-ring (bicyclic) bond motifs is 1. The molecule has 0 saturated carbocycles. The van der Waals surface area contributed by atoms with Crippen LogP contribution in [0.4, 0.5) is 0 Å². The number of nitrogens with zero attached hydrogens (tertiary/aromatic N) is 3. The van der Waals surface area contributed by atoms with Gasteiger partial charge in [-0.05, 0) is 29.1 Å². The van der Waals surface area contributed by atoms with Crippen LogP contribution in [0.1, 0.15) is 15.9 Å². The van der Waals surface area contributed by atoms with E-state index >= 15 is 0 Å². The Morgan fingerprint density at radius 1 is 1.07 bits per heavy atom. The van der Waals surface area contributed by atoms with E-state index in [1.807, 2.05) is 42.5 Å². The molecule has 1 heterocycles. The largest absolute Gasteiger partial charge is 0.478 e. The predicted molar refractivity (Wildman–Crippen MR) is 107 cm³/mol. The summed E-state index contributed by atoms with van der Waals surface area (Å²) in [5.41, 5.74) is 1.53. The third-order valence-corrected chi connectivity index (χ3v) is 4.45. The molecular formula is C20H14N4O2S. The molecule has 132 valence electrons. The summed E-state index contributed by atoms with van der Waals surface area (Å²) in [6.07, 6.45) is 1.48. The number of rotatable bonds is 4. The molecule has 0 saturated heterocycles. The van der Waals surface area contributed by atoms with E-state index in [9.17, 15) is 9.90 Å². The maximum Gasteiger partial charge on any atom is 0.336 e. The summed E-state index contributed by atoms with van der Waals surface area (Å²) in [5, 5.41) is 22.9. The second-order valence-electron chi connectivity index (χ2n) is 5.83. The first-order chi connectivity index (χ1) is 13.1. The Labute approximate surface area is 159 Å². The van der Waals surface area contributed by atoms with Gasteiger partial charge in [-0.15, -0.1) is 0 Å². The Balaban J connectivity index is 1.84. The minimum absolute atomic E-state index is 0.169.